The Morgan fingerprint density at radius 1 is 1.24 bits per heavy atom. The molecule has 1 unspecified atom stereocenters. The molecule has 1 amide bonds. The number of fused-ring (bicyclic) bond motifs is 3. The highest BCUT2D eigenvalue weighted by Crippen LogP contribution is 2.31. The SMILES string of the molecule is CC(C)n1cc(CCNC2CCc3[nH]c4ccc(NC(=O)c5ccc(F)cc5)cc4c3C2)cn1. The number of carbonyl (C=O) groups excluding carboxylic acids is 1. The first-order valence-electron chi connectivity index (χ1n) is 11.9. The van der Waals surface area contributed by atoms with Crippen molar-refractivity contribution in [2.24, 2.45) is 0 Å². The summed E-state index contributed by atoms with van der Waals surface area (Å²) in [6.45, 7) is 5.19. The minimum absolute atomic E-state index is 0.246. The van der Waals surface area contributed by atoms with Crippen LogP contribution in [-0.2, 0) is 19.3 Å². The second-order valence-corrected chi connectivity index (χ2v) is 9.37. The molecule has 176 valence electrons. The lowest BCUT2D eigenvalue weighted by Crippen LogP contribution is -2.35. The van der Waals surface area contributed by atoms with E-state index in [1.807, 2.05) is 29.1 Å². The molecule has 0 fully saturated rings. The molecule has 3 N–H and O–H groups in total. The number of anilines is 1. The van der Waals surface area contributed by atoms with E-state index in [1.165, 1.54) is 41.1 Å². The highest BCUT2D eigenvalue weighted by atomic mass is 19.1. The lowest BCUT2D eigenvalue weighted by atomic mass is 9.91. The standard InChI is InChI=1S/C27H30FN5O/c1-17(2)33-16-18(15-30-33)11-12-29-21-7-9-25-23(13-21)24-14-22(8-10-26(24)32-25)31-27(34)19-3-5-20(28)6-4-19/h3-6,8,10,14-17,21,29,32H,7,9,11-13H2,1-2H3,(H,31,34). The maximum absolute atomic E-state index is 13.2. The lowest BCUT2D eigenvalue weighted by Gasteiger charge is -2.23. The summed E-state index contributed by atoms with van der Waals surface area (Å²) >= 11 is 0. The van der Waals surface area contributed by atoms with Gasteiger partial charge in [0.1, 0.15) is 5.82 Å². The number of aromatic amines is 1. The number of halogens is 1. The monoisotopic (exact) mass is 459 g/mol. The van der Waals surface area contributed by atoms with Gasteiger partial charge in [0, 0.05) is 46.1 Å². The Labute approximate surface area is 198 Å². The smallest absolute Gasteiger partial charge is 0.255 e. The van der Waals surface area contributed by atoms with Crippen molar-refractivity contribution in [3.05, 3.63) is 83.1 Å². The molecular weight excluding hydrogens is 429 g/mol. The highest BCUT2D eigenvalue weighted by molar-refractivity contribution is 6.05. The molecule has 1 atom stereocenters. The molecule has 0 saturated carbocycles. The molecule has 2 heterocycles. The summed E-state index contributed by atoms with van der Waals surface area (Å²) in [5.74, 6) is -0.602. The van der Waals surface area contributed by atoms with Crippen LogP contribution in [0.4, 0.5) is 10.1 Å². The van der Waals surface area contributed by atoms with Gasteiger partial charge in [-0.2, -0.15) is 5.10 Å². The average molecular weight is 460 g/mol. The predicted molar refractivity (Wildman–Crippen MR) is 133 cm³/mol. The number of amides is 1. The minimum atomic E-state index is -0.356. The molecule has 0 spiro atoms. The van der Waals surface area contributed by atoms with Gasteiger partial charge >= 0.3 is 0 Å². The maximum Gasteiger partial charge on any atom is 0.255 e. The van der Waals surface area contributed by atoms with Crippen molar-refractivity contribution in [3.8, 4) is 0 Å². The summed E-state index contributed by atoms with van der Waals surface area (Å²) in [4.78, 5) is 16.1. The number of H-pyrrole nitrogens is 1. The van der Waals surface area contributed by atoms with Crippen LogP contribution in [0.15, 0.2) is 54.9 Å². The Morgan fingerprint density at radius 3 is 2.82 bits per heavy atom. The van der Waals surface area contributed by atoms with Crippen LogP contribution in [0.25, 0.3) is 10.9 Å². The first-order chi connectivity index (χ1) is 16.5. The van der Waals surface area contributed by atoms with Gasteiger partial charge in [0.15, 0.2) is 0 Å². The van der Waals surface area contributed by atoms with Crippen LogP contribution in [0.5, 0.6) is 0 Å². The zero-order valence-electron chi connectivity index (χ0n) is 19.6. The van der Waals surface area contributed by atoms with Gasteiger partial charge in [-0.05, 0) is 99.7 Å². The summed E-state index contributed by atoms with van der Waals surface area (Å²) in [6.07, 6.45) is 8.11. The van der Waals surface area contributed by atoms with Crippen molar-refractivity contribution >= 4 is 22.5 Å². The van der Waals surface area contributed by atoms with Crippen LogP contribution in [0.1, 0.15) is 53.5 Å². The van der Waals surface area contributed by atoms with Crippen LogP contribution in [-0.4, -0.2) is 33.3 Å². The number of hydrogen-bond acceptors (Lipinski definition) is 3. The first kappa shape index (κ1) is 22.3. The molecule has 1 aliphatic rings. The Bertz CT molecular complexity index is 1300. The molecule has 7 heteroatoms. The summed E-state index contributed by atoms with van der Waals surface area (Å²) in [7, 11) is 0. The van der Waals surface area contributed by atoms with E-state index in [1.54, 1.807) is 0 Å². The number of nitrogens with one attached hydrogen (secondary N) is 3. The molecular formula is C27H30FN5O. The Hall–Kier alpha value is -3.45. The van der Waals surface area contributed by atoms with Crippen molar-refractivity contribution < 1.29 is 9.18 Å². The number of benzene rings is 2. The molecule has 2 aromatic heterocycles. The van der Waals surface area contributed by atoms with E-state index in [-0.39, 0.29) is 11.7 Å². The Kier molecular flexibility index (Phi) is 6.20. The third-order valence-electron chi connectivity index (χ3n) is 6.58. The summed E-state index contributed by atoms with van der Waals surface area (Å²) in [6, 6.07) is 12.3. The van der Waals surface area contributed by atoms with E-state index < -0.39 is 0 Å². The molecule has 6 nitrogen and oxygen atoms in total. The molecule has 1 aliphatic carbocycles. The summed E-state index contributed by atoms with van der Waals surface area (Å²) in [5, 5.41) is 12.2. The number of hydrogen-bond donors (Lipinski definition) is 3. The Morgan fingerprint density at radius 2 is 2.06 bits per heavy atom. The van der Waals surface area contributed by atoms with Crippen LogP contribution in [0.3, 0.4) is 0 Å². The van der Waals surface area contributed by atoms with Gasteiger partial charge in [-0.15, -0.1) is 0 Å². The highest BCUT2D eigenvalue weighted by Gasteiger charge is 2.22. The molecule has 4 aromatic rings. The Balaban J connectivity index is 1.25. The second kappa shape index (κ2) is 9.43. The fraction of sp³-hybridized carbons (Fsp3) is 0.333. The largest absolute Gasteiger partial charge is 0.358 e. The molecule has 34 heavy (non-hydrogen) atoms. The number of carbonyl (C=O) groups is 1. The van der Waals surface area contributed by atoms with Gasteiger partial charge in [0.25, 0.3) is 5.91 Å². The van der Waals surface area contributed by atoms with E-state index in [4.69, 9.17) is 0 Å². The topological polar surface area (TPSA) is 74.7 Å². The van der Waals surface area contributed by atoms with Gasteiger partial charge in [-0.1, -0.05) is 0 Å². The van der Waals surface area contributed by atoms with Crippen LogP contribution < -0.4 is 10.6 Å². The third kappa shape index (κ3) is 4.75. The molecule has 2 aromatic carbocycles. The zero-order chi connectivity index (χ0) is 23.7. The molecule has 0 radical (unpaired) electrons. The van der Waals surface area contributed by atoms with Gasteiger partial charge < -0.3 is 15.6 Å². The first-order valence-corrected chi connectivity index (χ1v) is 11.9. The maximum atomic E-state index is 13.2. The molecule has 0 aliphatic heterocycles. The third-order valence-corrected chi connectivity index (χ3v) is 6.58. The molecule has 0 saturated heterocycles. The van der Waals surface area contributed by atoms with E-state index in [9.17, 15) is 9.18 Å². The fourth-order valence-corrected chi connectivity index (χ4v) is 4.68. The number of aromatic nitrogens is 3. The van der Waals surface area contributed by atoms with Gasteiger partial charge in [0.2, 0.25) is 0 Å². The van der Waals surface area contributed by atoms with Crippen molar-refractivity contribution in [1.29, 1.82) is 0 Å². The van der Waals surface area contributed by atoms with E-state index >= 15 is 0 Å². The normalized spacial score (nSPS) is 15.6. The summed E-state index contributed by atoms with van der Waals surface area (Å²) < 4.78 is 15.2. The van der Waals surface area contributed by atoms with E-state index in [2.05, 4.69) is 40.8 Å². The van der Waals surface area contributed by atoms with E-state index in [0.717, 1.165) is 48.8 Å². The fourth-order valence-electron chi connectivity index (χ4n) is 4.68. The van der Waals surface area contributed by atoms with Crippen molar-refractivity contribution in [2.45, 2.75) is 51.6 Å². The number of nitrogens with zero attached hydrogens (tertiary/aromatic N) is 2. The zero-order valence-corrected chi connectivity index (χ0v) is 19.6. The molecule has 0 bridgehead atoms. The van der Waals surface area contributed by atoms with Crippen molar-refractivity contribution in [3.63, 3.8) is 0 Å². The lowest BCUT2D eigenvalue weighted by molar-refractivity contribution is 0.102. The second-order valence-electron chi connectivity index (χ2n) is 9.37. The number of rotatable bonds is 7. The van der Waals surface area contributed by atoms with Gasteiger partial charge in [-0.3, -0.25) is 9.48 Å². The van der Waals surface area contributed by atoms with Crippen LogP contribution in [0, 0.1) is 5.82 Å². The minimum Gasteiger partial charge on any atom is -0.358 e. The predicted octanol–water partition coefficient (Wildman–Crippen LogP) is 5.03. The van der Waals surface area contributed by atoms with Crippen molar-refractivity contribution in [1.82, 2.24) is 20.1 Å². The van der Waals surface area contributed by atoms with Crippen LogP contribution >= 0.6 is 0 Å². The molecule has 5 rings (SSSR count). The van der Waals surface area contributed by atoms with Crippen LogP contribution in [0.2, 0.25) is 0 Å². The van der Waals surface area contributed by atoms with Gasteiger partial charge in [-0.25, -0.2) is 4.39 Å². The number of aryl methyl sites for hydroxylation is 1. The quantitative estimate of drug-likeness (QED) is 0.363. The van der Waals surface area contributed by atoms with E-state index in [0.29, 0.717) is 17.6 Å². The average Bonchev–Trinajstić information content (AvgIpc) is 3.44. The van der Waals surface area contributed by atoms with Gasteiger partial charge in [0.05, 0.1) is 6.20 Å². The van der Waals surface area contributed by atoms with Crippen molar-refractivity contribution in [2.75, 3.05) is 11.9 Å². The summed E-state index contributed by atoms with van der Waals surface area (Å²) in [5.41, 5.74) is 6.12.